The fraction of sp³-hybridized carbons (Fsp3) is 0.238. The molecule has 0 aliphatic heterocycles. The third-order valence-corrected chi connectivity index (χ3v) is 4.48. The highest BCUT2D eigenvalue weighted by Crippen LogP contribution is 2.28. The highest BCUT2D eigenvalue weighted by molar-refractivity contribution is 9.10. The number of carbonyl (C=O) groups is 1. The van der Waals surface area contributed by atoms with Crippen LogP contribution in [0.2, 0.25) is 0 Å². The molecule has 0 aliphatic carbocycles. The van der Waals surface area contributed by atoms with Gasteiger partial charge in [-0.2, -0.15) is 0 Å². The second-order valence-corrected chi connectivity index (χ2v) is 6.96. The minimum Gasteiger partial charge on any atom is -0.479 e. The van der Waals surface area contributed by atoms with Gasteiger partial charge in [-0.25, -0.2) is 4.79 Å². The summed E-state index contributed by atoms with van der Waals surface area (Å²) in [6, 6.07) is 11.9. The average molecular weight is 447 g/mol. The molecule has 0 aliphatic rings. The van der Waals surface area contributed by atoms with Crippen molar-refractivity contribution in [2.45, 2.75) is 26.9 Å². The van der Waals surface area contributed by atoms with Crippen LogP contribution in [-0.4, -0.2) is 18.7 Å². The average Bonchev–Trinajstić information content (AvgIpc) is 2.66. The summed E-state index contributed by atoms with van der Waals surface area (Å²) < 4.78 is 22.9. The predicted molar refractivity (Wildman–Crippen MR) is 108 cm³/mol. The van der Waals surface area contributed by atoms with Gasteiger partial charge in [-0.3, -0.25) is 4.79 Å². The highest BCUT2D eigenvalue weighted by atomic mass is 79.9. The molecular weight excluding hydrogens is 428 g/mol. The molecule has 7 heteroatoms. The lowest BCUT2D eigenvalue weighted by atomic mass is 10.2. The zero-order chi connectivity index (χ0) is 20.3. The van der Waals surface area contributed by atoms with E-state index in [-0.39, 0.29) is 17.8 Å². The maximum Gasteiger partial charge on any atom is 0.347 e. The molecule has 0 bridgehead atoms. The predicted octanol–water partition coefficient (Wildman–Crippen LogP) is 4.99. The van der Waals surface area contributed by atoms with Crippen molar-refractivity contribution >= 4 is 32.9 Å². The summed E-state index contributed by atoms with van der Waals surface area (Å²) in [6.45, 7) is 5.26. The first kappa shape index (κ1) is 19.9. The van der Waals surface area contributed by atoms with E-state index >= 15 is 0 Å². The van der Waals surface area contributed by atoms with Gasteiger partial charge in [0.25, 0.3) is 0 Å². The second-order valence-electron chi connectivity index (χ2n) is 6.04. The van der Waals surface area contributed by atoms with Gasteiger partial charge in [0.15, 0.2) is 6.10 Å². The molecule has 1 unspecified atom stereocenters. The topological polar surface area (TPSA) is 75.0 Å². The summed E-state index contributed by atoms with van der Waals surface area (Å²) in [5.74, 6) is 0.941. The molecule has 3 aromatic rings. The molecule has 146 valence electrons. The number of halogens is 1. The van der Waals surface area contributed by atoms with E-state index in [2.05, 4.69) is 15.9 Å². The standard InChI is InChI=1S/C21H19BrO6/c1-4-25-21(24)13(3)26-16-9-10-17-18(11-16)27-12(2)20(19(17)23)28-15-7-5-14(22)6-8-15/h5-11,13H,4H2,1-3H3. The molecule has 0 N–H and O–H groups in total. The first-order chi connectivity index (χ1) is 13.4. The minimum absolute atomic E-state index is 0.128. The van der Waals surface area contributed by atoms with E-state index in [4.69, 9.17) is 18.6 Å². The van der Waals surface area contributed by atoms with Crippen molar-refractivity contribution in [1.29, 1.82) is 0 Å². The van der Waals surface area contributed by atoms with Crippen LogP contribution in [0.1, 0.15) is 19.6 Å². The second kappa shape index (κ2) is 8.48. The Bertz CT molecular complexity index is 1050. The van der Waals surface area contributed by atoms with Crippen molar-refractivity contribution in [2.75, 3.05) is 6.61 Å². The molecule has 0 fully saturated rings. The number of esters is 1. The molecule has 0 spiro atoms. The first-order valence-electron chi connectivity index (χ1n) is 8.73. The first-order valence-corrected chi connectivity index (χ1v) is 9.52. The van der Waals surface area contributed by atoms with E-state index in [1.807, 2.05) is 12.1 Å². The van der Waals surface area contributed by atoms with Crippen molar-refractivity contribution in [3.63, 3.8) is 0 Å². The zero-order valence-corrected chi connectivity index (χ0v) is 17.2. The Labute approximate surface area is 170 Å². The summed E-state index contributed by atoms with van der Waals surface area (Å²) in [5, 5.41) is 0.355. The van der Waals surface area contributed by atoms with Gasteiger partial charge in [0.1, 0.15) is 22.8 Å². The summed E-state index contributed by atoms with van der Waals surface area (Å²) in [6.07, 6.45) is -0.773. The molecular formula is C21H19BrO6. The van der Waals surface area contributed by atoms with Crippen molar-refractivity contribution in [3.8, 4) is 17.2 Å². The lowest BCUT2D eigenvalue weighted by Gasteiger charge is -2.14. The van der Waals surface area contributed by atoms with Gasteiger partial charge in [-0.15, -0.1) is 0 Å². The van der Waals surface area contributed by atoms with E-state index in [1.54, 1.807) is 51.1 Å². The van der Waals surface area contributed by atoms with Gasteiger partial charge in [-0.1, -0.05) is 15.9 Å². The molecule has 1 aromatic heterocycles. The van der Waals surface area contributed by atoms with Gasteiger partial charge in [-0.05, 0) is 57.2 Å². The van der Waals surface area contributed by atoms with Crippen molar-refractivity contribution in [3.05, 3.63) is 62.9 Å². The van der Waals surface area contributed by atoms with Crippen molar-refractivity contribution < 1.29 is 23.4 Å². The highest BCUT2D eigenvalue weighted by Gasteiger charge is 2.18. The van der Waals surface area contributed by atoms with Crippen LogP contribution in [0, 0.1) is 6.92 Å². The van der Waals surface area contributed by atoms with Crippen LogP contribution in [0.3, 0.4) is 0 Å². The van der Waals surface area contributed by atoms with Crippen LogP contribution in [0.5, 0.6) is 17.2 Å². The maximum atomic E-state index is 12.8. The number of fused-ring (bicyclic) bond motifs is 1. The monoisotopic (exact) mass is 446 g/mol. The Balaban J connectivity index is 1.91. The molecule has 28 heavy (non-hydrogen) atoms. The summed E-state index contributed by atoms with van der Waals surface area (Å²) in [4.78, 5) is 24.6. The Morgan fingerprint density at radius 2 is 1.82 bits per heavy atom. The summed E-state index contributed by atoms with van der Waals surface area (Å²) in [7, 11) is 0. The van der Waals surface area contributed by atoms with E-state index in [0.717, 1.165) is 4.47 Å². The third-order valence-electron chi connectivity index (χ3n) is 3.95. The lowest BCUT2D eigenvalue weighted by Crippen LogP contribution is -2.26. The Kier molecular flexibility index (Phi) is 6.04. The lowest BCUT2D eigenvalue weighted by molar-refractivity contribution is -0.150. The molecule has 6 nitrogen and oxygen atoms in total. The van der Waals surface area contributed by atoms with Crippen LogP contribution in [0.15, 0.2) is 56.1 Å². The van der Waals surface area contributed by atoms with E-state index in [9.17, 15) is 9.59 Å². The quantitative estimate of drug-likeness (QED) is 0.496. The van der Waals surface area contributed by atoms with Crippen LogP contribution in [-0.2, 0) is 9.53 Å². The van der Waals surface area contributed by atoms with Gasteiger partial charge < -0.3 is 18.6 Å². The van der Waals surface area contributed by atoms with Crippen LogP contribution in [0.4, 0.5) is 0 Å². The summed E-state index contributed by atoms with van der Waals surface area (Å²) >= 11 is 3.36. The molecule has 0 saturated heterocycles. The van der Waals surface area contributed by atoms with Gasteiger partial charge >= 0.3 is 5.97 Å². The molecule has 0 saturated carbocycles. The van der Waals surface area contributed by atoms with E-state index < -0.39 is 12.1 Å². The fourth-order valence-electron chi connectivity index (χ4n) is 2.59. The van der Waals surface area contributed by atoms with Crippen molar-refractivity contribution in [1.82, 2.24) is 0 Å². The SMILES string of the molecule is CCOC(=O)C(C)Oc1ccc2c(=O)c(Oc3ccc(Br)cc3)c(C)oc2c1. The zero-order valence-electron chi connectivity index (χ0n) is 15.7. The smallest absolute Gasteiger partial charge is 0.347 e. The van der Waals surface area contributed by atoms with Crippen LogP contribution >= 0.6 is 15.9 Å². The van der Waals surface area contributed by atoms with Gasteiger partial charge in [0.05, 0.1) is 12.0 Å². The maximum absolute atomic E-state index is 12.8. The summed E-state index contributed by atoms with van der Waals surface area (Å²) in [5.41, 5.74) is 0.0610. The number of hydrogen-bond donors (Lipinski definition) is 0. The third kappa shape index (κ3) is 4.36. The van der Waals surface area contributed by atoms with Gasteiger partial charge in [0.2, 0.25) is 11.2 Å². The van der Waals surface area contributed by atoms with E-state index in [1.165, 1.54) is 0 Å². The molecule has 0 radical (unpaired) electrons. The number of hydrogen-bond acceptors (Lipinski definition) is 6. The number of benzene rings is 2. The number of ether oxygens (including phenoxy) is 3. The fourth-order valence-corrected chi connectivity index (χ4v) is 2.86. The van der Waals surface area contributed by atoms with Crippen LogP contribution in [0.25, 0.3) is 11.0 Å². The molecule has 3 rings (SSSR count). The number of aryl methyl sites for hydroxylation is 1. The number of carbonyl (C=O) groups excluding carboxylic acids is 1. The molecule has 0 amide bonds. The largest absolute Gasteiger partial charge is 0.479 e. The molecule has 2 aromatic carbocycles. The minimum atomic E-state index is -0.773. The van der Waals surface area contributed by atoms with Gasteiger partial charge in [0, 0.05) is 10.5 Å². The van der Waals surface area contributed by atoms with Crippen LogP contribution < -0.4 is 14.9 Å². The molecule has 1 heterocycles. The van der Waals surface area contributed by atoms with E-state index in [0.29, 0.717) is 28.2 Å². The Morgan fingerprint density at radius 3 is 2.50 bits per heavy atom. The normalized spacial score (nSPS) is 11.9. The van der Waals surface area contributed by atoms with Crippen molar-refractivity contribution in [2.24, 2.45) is 0 Å². The number of rotatable bonds is 6. The Morgan fingerprint density at radius 1 is 1.14 bits per heavy atom. The Hall–Kier alpha value is -2.80. The molecule has 1 atom stereocenters.